The Morgan fingerprint density at radius 2 is 2.24 bits per heavy atom. The lowest BCUT2D eigenvalue weighted by Crippen LogP contribution is -2.37. The molecule has 4 heteroatoms. The molecular weight excluding hydrogens is 219 g/mol. The van der Waals surface area contributed by atoms with Crippen LogP contribution < -0.4 is 10.6 Å². The molecular formula is C13H17FN2O. The molecule has 1 aliphatic rings. The van der Waals surface area contributed by atoms with Crippen LogP contribution in [-0.4, -0.2) is 18.5 Å². The molecule has 0 saturated heterocycles. The number of amides is 1. The molecule has 1 amide bonds. The van der Waals surface area contributed by atoms with Gasteiger partial charge >= 0.3 is 0 Å². The normalized spacial score (nSPS) is 19.3. The van der Waals surface area contributed by atoms with Gasteiger partial charge in [-0.3, -0.25) is 4.79 Å². The number of carbonyl (C=O) groups excluding carboxylic acids is 1. The topological polar surface area (TPSA) is 41.1 Å². The summed E-state index contributed by atoms with van der Waals surface area (Å²) in [5, 5.41) is 5.95. The molecule has 0 fully saturated rings. The van der Waals surface area contributed by atoms with Crippen molar-refractivity contribution >= 4 is 11.6 Å². The molecule has 3 nitrogen and oxygen atoms in total. The molecule has 17 heavy (non-hydrogen) atoms. The third kappa shape index (κ3) is 2.57. The van der Waals surface area contributed by atoms with Gasteiger partial charge in [-0.2, -0.15) is 0 Å². The lowest BCUT2D eigenvalue weighted by molar-refractivity contribution is 0.0938. The highest BCUT2D eigenvalue weighted by Gasteiger charge is 2.23. The molecule has 1 aliphatic heterocycles. The van der Waals surface area contributed by atoms with Gasteiger partial charge in [-0.25, -0.2) is 4.39 Å². The zero-order valence-electron chi connectivity index (χ0n) is 10.1. The van der Waals surface area contributed by atoms with Crippen LogP contribution in [0.5, 0.6) is 0 Å². The van der Waals surface area contributed by atoms with Crippen LogP contribution in [0.4, 0.5) is 10.1 Å². The predicted molar refractivity (Wildman–Crippen MR) is 65.6 cm³/mol. The molecule has 0 radical (unpaired) electrons. The minimum Gasteiger partial charge on any atom is -0.380 e. The van der Waals surface area contributed by atoms with Crippen molar-refractivity contribution in [3.8, 4) is 0 Å². The van der Waals surface area contributed by atoms with E-state index in [4.69, 9.17) is 0 Å². The van der Waals surface area contributed by atoms with Crippen LogP contribution >= 0.6 is 0 Å². The Bertz CT molecular complexity index is 431. The van der Waals surface area contributed by atoms with E-state index in [-0.39, 0.29) is 17.8 Å². The van der Waals surface area contributed by atoms with Gasteiger partial charge in [0.2, 0.25) is 0 Å². The van der Waals surface area contributed by atoms with Crippen LogP contribution in [0.2, 0.25) is 0 Å². The summed E-state index contributed by atoms with van der Waals surface area (Å²) in [5.74, 6) is -0.0776. The maximum absolute atomic E-state index is 13.6. The summed E-state index contributed by atoms with van der Waals surface area (Å²) in [7, 11) is 0. The highest BCUT2D eigenvalue weighted by atomic mass is 19.1. The van der Waals surface area contributed by atoms with Crippen LogP contribution in [0.3, 0.4) is 0 Å². The summed E-state index contributed by atoms with van der Waals surface area (Å²) < 4.78 is 13.6. The second-order valence-corrected chi connectivity index (χ2v) is 4.84. The van der Waals surface area contributed by atoms with Crippen molar-refractivity contribution in [1.82, 2.24) is 5.32 Å². The van der Waals surface area contributed by atoms with Crippen LogP contribution in [0.15, 0.2) is 18.2 Å². The summed E-state index contributed by atoms with van der Waals surface area (Å²) in [6.45, 7) is 4.77. The number of fused-ring (bicyclic) bond motifs is 1. The van der Waals surface area contributed by atoms with Crippen molar-refractivity contribution in [2.45, 2.75) is 26.3 Å². The summed E-state index contributed by atoms with van der Waals surface area (Å²) in [5.41, 5.74) is 0.701. The average Bonchev–Trinajstić information content (AvgIpc) is 2.39. The molecule has 0 saturated carbocycles. The third-order valence-corrected chi connectivity index (χ3v) is 2.87. The van der Waals surface area contributed by atoms with E-state index in [0.29, 0.717) is 23.7 Å². The van der Waals surface area contributed by atoms with E-state index in [2.05, 4.69) is 24.5 Å². The van der Waals surface area contributed by atoms with Gasteiger partial charge in [0.15, 0.2) is 0 Å². The lowest BCUT2D eigenvalue weighted by Gasteiger charge is -2.17. The number of anilines is 1. The highest BCUT2D eigenvalue weighted by Crippen LogP contribution is 2.22. The largest absolute Gasteiger partial charge is 0.380 e. The average molecular weight is 236 g/mol. The van der Waals surface area contributed by atoms with E-state index in [0.717, 1.165) is 6.42 Å². The minimum absolute atomic E-state index is 0.0503. The molecule has 0 aliphatic carbocycles. The summed E-state index contributed by atoms with van der Waals surface area (Å²) in [6.07, 6.45) is 0.883. The van der Waals surface area contributed by atoms with Gasteiger partial charge in [0.1, 0.15) is 5.82 Å². The molecule has 0 aromatic heterocycles. The fourth-order valence-electron chi connectivity index (χ4n) is 2.14. The molecule has 1 heterocycles. The Kier molecular flexibility index (Phi) is 3.31. The third-order valence-electron chi connectivity index (χ3n) is 2.87. The van der Waals surface area contributed by atoms with Gasteiger partial charge in [-0.1, -0.05) is 19.9 Å². The molecule has 0 bridgehead atoms. The van der Waals surface area contributed by atoms with Gasteiger partial charge in [0.25, 0.3) is 5.91 Å². The van der Waals surface area contributed by atoms with Crippen LogP contribution in [0.25, 0.3) is 0 Å². The zero-order chi connectivity index (χ0) is 12.4. The summed E-state index contributed by atoms with van der Waals surface area (Å²) >= 11 is 0. The molecule has 1 aromatic rings. The first kappa shape index (κ1) is 11.9. The highest BCUT2D eigenvalue weighted by molar-refractivity contribution is 6.00. The molecule has 2 rings (SSSR count). The number of carbonyl (C=O) groups is 1. The Morgan fingerprint density at radius 3 is 2.94 bits per heavy atom. The van der Waals surface area contributed by atoms with Gasteiger partial charge in [0.05, 0.1) is 11.3 Å². The number of nitrogens with one attached hydrogen (secondary N) is 2. The Balaban J connectivity index is 2.23. The Morgan fingerprint density at radius 1 is 1.47 bits per heavy atom. The number of hydrogen-bond acceptors (Lipinski definition) is 2. The van der Waals surface area contributed by atoms with Gasteiger partial charge in [-0.05, 0) is 24.5 Å². The van der Waals surface area contributed by atoms with Crippen molar-refractivity contribution in [3.63, 3.8) is 0 Å². The Labute approximate surface area is 100 Å². The van der Waals surface area contributed by atoms with E-state index in [1.54, 1.807) is 12.1 Å². The monoisotopic (exact) mass is 236 g/mol. The number of halogens is 1. The fraction of sp³-hybridized carbons (Fsp3) is 0.462. The lowest BCUT2D eigenvalue weighted by atomic mass is 10.0. The maximum atomic E-state index is 13.6. The maximum Gasteiger partial charge on any atom is 0.253 e. The van der Waals surface area contributed by atoms with Gasteiger partial charge in [0, 0.05) is 12.6 Å². The number of benzene rings is 1. The molecule has 92 valence electrons. The standard InChI is InChI=1S/C13H17FN2O/c1-8(2)6-9-7-15-12-10(13(17)16-9)4-3-5-11(12)14/h3-5,8-9,15H,6-7H2,1-2H3,(H,16,17). The zero-order valence-corrected chi connectivity index (χ0v) is 10.1. The first-order chi connectivity index (χ1) is 8.08. The van der Waals surface area contributed by atoms with E-state index in [1.165, 1.54) is 6.07 Å². The smallest absolute Gasteiger partial charge is 0.253 e. The number of para-hydroxylation sites is 1. The first-order valence-electron chi connectivity index (χ1n) is 5.91. The second kappa shape index (κ2) is 4.73. The molecule has 1 unspecified atom stereocenters. The van der Waals surface area contributed by atoms with Crippen LogP contribution in [0, 0.1) is 11.7 Å². The summed E-state index contributed by atoms with van der Waals surface area (Å²) in [4.78, 5) is 11.9. The van der Waals surface area contributed by atoms with E-state index in [9.17, 15) is 9.18 Å². The van der Waals surface area contributed by atoms with Gasteiger partial charge < -0.3 is 10.6 Å². The fourth-order valence-corrected chi connectivity index (χ4v) is 2.14. The van der Waals surface area contributed by atoms with Gasteiger partial charge in [-0.15, -0.1) is 0 Å². The summed E-state index contributed by atoms with van der Waals surface area (Å²) in [6, 6.07) is 4.60. The van der Waals surface area contributed by atoms with Crippen molar-refractivity contribution < 1.29 is 9.18 Å². The van der Waals surface area contributed by atoms with Crippen molar-refractivity contribution in [1.29, 1.82) is 0 Å². The molecule has 0 spiro atoms. The van der Waals surface area contributed by atoms with Crippen LogP contribution in [0.1, 0.15) is 30.6 Å². The van der Waals surface area contributed by atoms with Crippen molar-refractivity contribution in [2.75, 3.05) is 11.9 Å². The SMILES string of the molecule is CC(C)CC1CNc2c(F)cccc2C(=O)N1. The molecule has 1 atom stereocenters. The predicted octanol–water partition coefficient (Wildman–Crippen LogP) is 2.40. The Hall–Kier alpha value is -1.58. The molecule has 2 N–H and O–H groups in total. The second-order valence-electron chi connectivity index (χ2n) is 4.84. The first-order valence-corrected chi connectivity index (χ1v) is 5.91. The van der Waals surface area contributed by atoms with E-state index < -0.39 is 0 Å². The van der Waals surface area contributed by atoms with Crippen molar-refractivity contribution in [2.24, 2.45) is 5.92 Å². The minimum atomic E-state index is -0.372. The van der Waals surface area contributed by atoms with E-state index in [1.807, 2.05) is 0 Å². The van der Waals surface area contributed by atoms with Crippen LogP contribution in [-0.2, 0) is 0 Å². The molecule has 1 aromatic carbocycles. The quantitative estimate of drug-likeness (QED) is 0.827. The van der Waals surface area contributed by atoms with E-state index >= 15 is 0 Å². The number of hydrogen-bond donors (Lipinski definition) is 2. The number of rotatable bonds is 2. The van der Waals surface area contributed by atoms with Crippen molar-refractivity contribution in [3.05, 3.63) is 29.6 Å².